The van der Waals surface area contributed by atoms with E-state index in [1.807, 2.05) is 0 Å². The number of non-ortho nitro benzene ring substituents is 1. The molecule has 1 aromatic heterocycles. The number of benzene rings is 2. The van der Waals surface area contributed by atoms with Gasteiger partial charge in [-0.1, -0.05) is 11.6 Å². The topological polar surface area (TPSA) is 106 Å². The van der Waals surface area contributed by atoms with Crippen molar-refractivity contribution >= 4 is 29.3 Å². The highest BCUT2D eigenvalue weighted by Crippen LogP contribution is 2.33. The van der Waals surface area contributed by atoms with Crippen molar-refractivity contribution in [3.63, 3.8) is 0 Å². The number of nitro groups is 1. The molecule has 0 bridgehead atoms. The number of carbonyl (C=O) groups is 1. The normalized spacial score (nSPS) is 12.9. The van der Waals surface area contributed by atoms with Crippen LogP contribution in [0.3, 0.4) is 0 Å². The zero-order valence-corrected chi connectivity index (χ0v) is 18.0. The highest BCUT2D eigenvalue weighted by atomic mass is 35.5. The molecule has 4 rings (SSSR count). The van der Waals surface area contributed by atoms with E-state index in [1.165, 1.54) is 53.2 Å². The van der Waals surface area contributed by atoms with E-state index >= 15 is 0 Å². The first-order valence-electron chi connectivity index (χ1n) is 9.70. The van der Waals surface area contributed by atoms with Gasteiger partial charge in [-0.25, -0.2) is 13.9 Å². The fourth-order valence-electron chi connectivity index (χ4n) is 3.30. The summed E-state index contributed by atoms with van der Waals surface area (Å²) in [6, 6.07) is 8.30. The first kappa shape index (κ1) is 22.4. The Bertz CT molecular complexity index is 1260. The van der Waals surface area contributed by atoms with Gasteiger partial charge in [0.2, 0.25) is 0 Å². The Morgan fingerprint density at radius 3 is 2.85 bits per heavy atom. The molecule has 0 unspecified atom stereocenters. The summed E-state index contributed by atoms with van der Waals surface area (Å²) >= 11 is 6.40. The summed E-state index contributed by atoms with van der Waals surface area (Å²) in [5.41, 5.74) is 2.32. The summed E-state index contributed by atoms with van der Waals surface area (Å²) in [6.07, 6.45) is 2.64. The molecule has 1 aliphatic heterocycles. The van der Waals surface area contributed by atoms with Gasteiger partial charge in [0, 0.05) is 34.9 Å². The Hall–Kier alpha value is -3.76. The lowest BCUT2D eigenvalue weighted by Crippen LogP contribution is -2.14. The predicted octanol–water partition coefficient (Wildman–Crippen LogP) is 4.50. The van der Waals surface area contributed by atoms with Gasteiger partial charge >= 0.3 is 5.97 Å². The van der Waals surface area contributed by atoms with Crippen molar-refractivity contribution in [1.82, 2.24) is 9.78 Å². The first-order chi connectivity index (χ1) is 15.8. The second-order valence-corrected chi connectivity index (χ2v) is 7.44. The van der Waals surface area contributed by atoms with Crippen molar-refractivity contribution in [1.29, 1.82) is 0 Å². The van der Waals surface area contributed by atoms with Gasteiger partial charge in [-0.3, -0.25) is 10.1 Å². The fraction of sp³-hybridized carbons (Fsp3) is 0.182. The molecular weight excluding hydrogens is 457 g/mol. The third-order valence-electron chi connectivity index (χ3n) is 4.86. The van der Waals surface area contributed by atoms with Gasteiger partial charge in [-0.05, 0) is 37.3 Å². The van der Waals surface area contributed by atoms with E-state index in [4.69, 9.17) is 25.8 Å². The van der Waals surface area contributed by atoms with Gasteiger partial charge in [-0.15, -0.1) is 0 Å². The number of esters is 1. The number of hydrogen-bond donors (Lipinski definition) is 0. The summed E-state index contributed by atoms with van der Waals surface area (Å²) in [6.45, 7) is 1.65. The lowest BCUT2D eigenvalue weighted by molar-refractivity contribution is -0.385. The highest BCUT2D eigenvalue weighted by molar-refractivity contribution is 6.31. The fourth-order valence-corrected chi connectivity index (χ4v) is 3.63. The van der Waals surface area contributed by atoms with Crippen LogP contribution in [-0.2, 0) is 27.5 Å². The van der Waals surface area contributed by atoms with Crippen LogP contribution >= 0.6 is 11.6 Å². The average molecular weight is 474 g/mol. The minimum absolute atomic E-state index is 0.00147. The van der Waals surface area contributed by atoms with Crippen molar-refractivity contribution in [3.8, 4) is 11.4 Å². The van der Waals surface area contributed by atoms with Crippen LogP contribution < -0.4 is 4.74 Å². The SMILES string of the molecule is Cc1nn(-c2ccc(F)cc2)c(Cl)c1C=CC(=O)OCc1cc([N+](=O)[O-])cc2c1OCOC2. The van der Waals surface area contributed by atoms with Crippen LogP contribution in [0.2, 0.25) is 5.15 Å². The molecule has 0 radical (unpaired) electrons. The summed E-state index contributed by atoms with van der Waals surface area (Å²) in [7, 11) is 0. The lowest BCUT2D eigenvalue weighted by Gasteiger charge is -2.20. The van der Waals surface area contributed by atoms with Crippen LogP contribution in [0.25, 0.3) is 11.8 Å². The summed E-state index contributed by atoms with van der Waals surface area (Å²) in [5.74, 6) is -0.667. The Balaban J connectivity index is 1.49. The molecule has 2 heterocycles. The maximum atomic E-state index is 13.2. The molecular formula is C22H17ClFN3O6. The van der Waals surface area contributed by atoms with Crippen LogP contribution in [0.4, 0.5) is 10.1 Å². The second kappa shape index (κ2) is 9.39. The molecule has 0 saturated heterocycles. The quantitative estimate of drug-likeness (QED) is 0.224. The largest absolute Gasteiger partial charge is 0.467 e. The maximum absolute atomic E-state index is 13.2. The molecule has 0 amide bonds. The molecule has 170 valence electrons. The number of carbonyl (C=O) groups excluding carboxylic acids is 1. The molecule has 0 atom stereocenters. The molecule has 0 saturated carbocycles. The van der Waals surface area contributed by atoms with E-state index in [0.29, 0.717) is 33.8 Å². The van der Waals surface area contributed by atoms with Gasteiger partial charge in [0.05, 0.1) is 22.9 Å². The standard InChI is InChI=1S/C22H17ClFN3O6/c1-13-19(22(23)26(25-13)17-4-2-16(24)3-5-17)6-7-20(28)32-11-15-9-18(27(29)30)8-14-10-31-12-33-21(14)15/h2-9H,10-12H2,1H3. The van der Waals surface area contributed by atoms with Crippen molar-refractivity contribution < 1.29 is 28.3 Å². The van der Waals surface area contributed by atoms with E-state index in [2.05, 4.69) is 5.10 Å². The van der Waals surface area contributed by atoms with E-state index in [0.717, 1.165) is 0 Å². The van der Waals surface area contributed by atoms with E-state index in [-0.39, 0.29) is 36.7 Å². The minimum atomic E-state index is -0.688. The average Bonchev–Trinajstić information content (AvgIpc) is 3.09. The van der Waals surface area contributed by atoms with E-state index < -0.39 is 10.9 Å². The number of nitrogens with zero attached hydrogens (tertiary/aromatic N) is 3. The zero-order valence-electron chi connectivity index (χ0n) is 17.3. The summed E-state index contributed by atoms with van der Waals surface area (Å²) in [5, 5.41) is 15.8. The van der Waals surface area contributed by atoms with Crippen LogP contribution in [0.5, 0.6) is 5.75 Å². The lowest BCUT2D eigenvalue weighted by atomic mass is 10.1. The van der Waals surface area contributed by atoms with Crippen LogP contribution in [0, 0.1) is 22.9 Å². The third-order valence-corrected chi connectivity index (χ3v) is 5.22. The predicted molar refractivity (Wildman–Crippen MR) is 115 cm³/mol. The molecule has 3 aromatic rings. The number of aromatic nitrogens is 2. The Labute approximate surface area is 192 Å². The number of hydrogen-bond acceptors (Lipinski definition) is 7. The number of ether oxygens (including phenoxy) is 3. The molecule has 0 fully saturated rings. The van der Waals surface area contributed by atoms with Crippen molar-refractivity contribution in [2.75, 3.05) is 6.79 Å². The zero-order chi connectivity index (χ0) is 23.5. The van der Waals surface area contributed by atoms with Crippen molar-refractivity contribution in [2.24, 2.45) is 0 Å². The van der Waals surface area contributed by atoms with Crippen molar-refractivity contribution in [2.45, 2.75) is 20.1 Å². The number of nitro benzene ring substituents is 1. The number of aryl methyl sites for hydroxylation is 1. The molecule has 33 heavy (non-hydrogen) atoms. The monoisotopic (exact) mass is 473 g/mol. The Morgan fingerprint density at radius 2 is 2.12 bits per heavy atom. The Morgan fingerprint density at radius 1 is 1.36 bits per heavy atom. The Kier molecular flexibility index (Phi) is 6.38. The summed E-state index contributed by atoms with van der Waals surface area (Å²) in [4.78, 5) is 22.9. The summed E-state index contributed by atoms with van der Waals surface area (Å²) < 4.78 is 30.4. The van der Waals surface area contributed by atoms with Gasteiger partial charge in [0.1, 0.15) is 23.3 Å². The molecule has 1 aliphatic rings. The van der Waals surface area contributed by atoms with E-state index in [9.17, 15) is 19.3 Å². The minimum Gasteiger partial charge on any atom is -0.467 e. The van der Waals surface area contributed by atoms with E-state index in [1.54, 1.807) is 6.92 Å². The second-order valence-electron chi connectivity index (χ2n) is 7.08. The van der Waals surface area contributed by atoms with Crippen LogP contribution in [-0.4, -0.2) is 27.5 Å². The first-order valence-corrected chi connectivity index (χ1v) is 10.1. The van der Waals surface area contributed by atoms with Gasteiger partial charge in [0.25, 0.3) is 5.69 Å². The maximum Gasteiger partial charge on any atom is 0.331 e. The third kappa shape index (κ3) is 4.86. The van der Waals surface area contributed by atoms with Crippen LogP contribution in [0.1, 0.15) is 22.4 Å². The highest BCUT2D eigenvalue weighted by Gasteiger charge is 2.21. The molecule has 0 N–H and O–H groups in total. The van der Waals surface area contributed by atoms with Crippen molar-refractivity contribution in [3.05, 3.63) is 85.9 Å². The molecule has 0 aliphatic carbocycles. The van der Waals surface area contributed by atoms with Gasteiger partial charge in [-0.2, -0.15) is 5.10 Å². The number of fused-ring (bicyclic) bond motifs is 1. The molecule has 2 aromatic carbocycles. The molecule has 9 nitrogen and oxygen atoms in total. The van der Waals surface area contributed by atoms with Crippen LogP contribution in [0.15, 0.2) is 42.5 Å². The molecule has 0 spiro atoms. The number of halogens is 2. The van der Waals surface area contributed by atoms with Gasteiger partial charge < -0.3 is 14.2 Å². The number of rotatable bonds is 6. The molecule has 11 heteroatoms. The smallest absolute Gasteiger partial charge is 0.331 e. The van der Waals surface area contributed by atoms with Gasteiger partial charge in [0.15, 0.2) is 6.79 Å².